The van der Waals surface area contributed by atoms with Gasteiger partial charge in [0.15, 0.2) is 0 Å². The molecule has 0 aliphatic carbocycles. The van der Waals surface area contributed by atoms with Crippen molar-refractivity contribution < 1.29 is 0 Å². The average molecular weight is 665 g/mol. The third kappa shape index (κ3) is 8.82. The lowest BCUT2D eigenvalue weighted by Crippen LogP contribution is -1.85. The molecule has 5 heteroatoms. The molecule has 0 aliphatic rings. The number of hydrogen-bond acceptors (Lipinski definition) is 5. The van der Waals surface area contributed by atoms with E-state index in [4.69, 9.17) is 0 Å². The Bertz CT molecular complexity index is 1500. The van der Waals surface area contributed by atoms with Crippen molar-refractivity contribution in [2.75, 3.05) is 0 Å². The summed E-state index contributed by atoms with van der Waals surface area (Å²) < 4.78 is 0. The number of thiophene rings is 5. The minimum Gasteiger partial charge on any atom is -0.143 e. The second-order valence-corrected chi connectivity index (χ2v) is 16.8. The summed E-state index contributed by atoms with van der Waals surface area (Å²) in [7, 11) is 0. The Morgan fingerprint density at radius 3 is 1.35 bits per heavy atom. The van der Waals surface area contributed by atoms with Crippen LogP contribution in [0.25, 0.3) is 39.0 Å². The van der Waals surface area contributed by atoms with Gasteiger partial charge in [-0.3, -0.25) is 0 Å². The minimum absolute atomic E-state index is 1.19. The zero-order valence-electron chi connectivity index (χ0n) is 26.3. The van der Waals surface area contributed by atoms with E-state index in [1.54, 1.807) is 16.7 Å². The summed E-state index contributed by atoms with van der Waals surface area (Å²) in [5.74, 6) is 0. The molecular weight excluding hydrogens is 617 g/mol. The lowest BCUT2D eigenvalue weighted by molar-refractivity contribution is 0.668. The van der Waals surface area contributed by atoms with Crippen molar-refractivity contribution in [1.29, 1.82) is 0 Å². The van der Waals surface area contributed by atoms with Crippen LogP contribution >= 0.6 is 56.7 Å². The van der Waals surface area contributed by atoms with Gasteiger partial charge in [-0.05, 0) is 108 Å². The van der Waals surface area contributed by atoms with Crippen LogP contribution in [0.1, 0.15) is 115 Å². The lowest BCUT2D eigenvalue weighted by atomic mass is 10.1. The molecule has 5 heterocycles. The van der Waals surface area contributed by atoms with Crippen molar-refractivity contribution in [2.45, 2.75) is 117 Å². The molecular formula is C38H48S5. The summed E-state index contributed by atoms with van der Waals surface area (Å²) in [6, 6.07) is 16.8. The molecule has 0 spiro atoms. The predicted octanol–water partition coefficient (Wildman–Crippen LogP) is 15.0. The molecule has 230 valence electrons. The van der Waals surface area contributed by atoms with E-state index in [0.29, 0.717) is 0 Å². The Balaban J connectivity index is 1.37. The van der Waals surface area contributed by atoms with E-state index in [0.717, 1.165) is 0 Å². The number of hydrogen-bond donors (Lipinski definition) is 0. The smallest absolute Gasteiger partial charge is 0.0481 e. The van der Waals surface area contributed by atoms with Crippen LogP contribution in [0.4, 0.5) is 0 Å². The van der Waals surface area contributed by atoms with Crippen molar-refractivity contribution >= 4 is 56.7 Å². The molecule has 0 unspecified atom stereocenters. The topological polar surface area (TPSA) is 0 Å². The van der Waals surface area contributed by atoms with Gasteiger partial charge in [0.25, 0.3) is 0 Å². The SMILES string of the molecule is CCCCCCc1ccsc1-c1ccc(-c2cc(CCCCCC)c(-c3ccc(-c4sccc4CCCCCC)s3)s2)s1. The highest BCUT2D eigenvalue weighted by Gasteiger charge is 2.18. The molecule has 5 aromatic rings. The average Bonchev–Trinajstić information content (AvgIpc) is 3.85. The Hall–Kier alpha value is -1.50. The fourth-order valence-corrected chi connectivity index (χ4v) is 11.5. The molecule has 0 aliphatic heterocycles. The number of aryl methyl sites for hydroxylation is 3. The molecule has 5 rings (SSSR count). The number of unbranched alkanes of at least 4 members (excludes halogenated alkanes) is 9. The van der Waals surface area contributed by atoms with Crippen LogP contribution in [0.3, 0.4) is 0 Å². The highest BCUT2D eigenvalue weighted by molar-refractivity contribution is 7.29. The third-order valence-electron chi connectivity index (χ3n) is 8.33. The van der Waals surface area contributed by atoms with Gasteiger partial charge >= 0.3 is 0 Å². The third-order valence-corrected chi connectivity index (χ3v) is 14.3. The zero-order chi connectivity index (χ0) is 29.9. The molecule has 0 saturated heterocycles. The second-order valence-electron chi connectivity index (χ2n) is 11.8. The van der Waals surface area contributed by atoms with Crippen molar-refractivity contribution in [3.63, 3.8) is 0 Å². The van der Waals surface area contributed by atoms with Gasteiger partial charge in [0.2, 0.25) is 0 Å². The van der Waals surface area contributed by atoms with Crippen molar-refractivity contribution in [3.05, 3.63) is 69.9 Å². The van der Waals surface area contributed by atoms with Gasteiger partial charge in [0, 0.05) is 39.0 Å². The molecule has 43 heavy (non-hydrogen) atoms. The first kappa shape index (κ1) is 32.9. The monoisotopic (exact) mass is 664 g/mol. The first-order valence-electron chi connectivity index (χ1n) is 16.7. The van der Waals surface area contributed by atoms with Gasteiger partial charge in [-0.15, -0.1) is 56.7 Å². The minimum atomic E-state index is 1.19. The Labute approximate surface area is 280 Å². The molecule has 0 aromatic carbocycles. The van der Waals surface area contributed by atoms with Gasteiger partial charge < -0.3 is 0 Å². The molecule has 0 bridgehead atoms. The van der Waals surface area contributed by atoms with Crippen LogP contribution < -0.4 is 0 Å². The van der Waals surface area contributed by atoms with Gasteiger partial charge in [-0.1, -0.05) is 78.6 Å². The maximum Gasteiger partial charge on any atom is 0.0481 e. The van der Waals surface area contributed by atoms with Crippen molar-refractivity contribution in [1.82, 2.24) is 0 Å². The highest BCUT2D eigenvalue weighted by Crippen LogP contribution is 2.47. The maximum absolute atomic E-state index is 2.53. The van der Waals surface area contributed by atoms with Crippen LogP contribution in [0.5, 0.6) is 0 Å². The van der Waals surface area contributed by atoms with Gasteiger partial charge in [0.05, 0.1) is 0 Å². The fourth-order valence-electron chi connectivity index (χ4n) is 5.84. The summed E-state index contributed by atoms with van der Waals surface area (Å²) in [5.41, 5.74) is 4.64. The van der Waals surface area contributed by atoms with Gasteiger partial charge in [0.1, 0.15) is 0 Å². The zero-order valence-corrected chi connectivity index (χ0v) is 30.4. The predicted molar refractivity (Wildman–Crippen MR) is 201 cm³/mol. The van der Waals surface area contributed by atoms with E-state index < -0.39 is 0 Å². The van der Waals surface area contributed by atoms with E-state index >= 15 is 0 Å². The lowest BCUT2D eigenvalue weighted by Gasteiger charge is -2.03. The molecule has 0 fully saturated rings. The van der Waals surface area contributed by atoms with Crippen molar-refractivity contribution in [2.24, 2.45) is 0 Å². The van der Waals surface area contributed by atoms with E-state index in [9.17, 15) is 0 Å². The molecule has 5 aromatic heterocycles. The molecule has 0 atom stereocenters. The molecule has 0 saturated carbocycles. The summed E-state index contributed by atoms with van der Waals surface area (Å²) >= 11 is 9.88. The largest absolute Gasteiger partial charge is 0.143 e. The Morgan fingerprint density at radius 1 is 0.395 bits per heavy atom. The summed E-state index contributed by atoms with van der Waals surface area (Å²) in [6.45, 7) is 6.90. The molecule has 0 N–H and O–H groups in total. The molecule has 0 amide bonds. The van der Waals surface area contributed by atoms with Crippen LogP contribution in [0.2, 0.25) is 0 Å². The first-order chi connectivity index (χ1) is 21.2. The number of rotatable bonds is 19. The van der Waals surface area contributed by atoms with Crippen LogP contribution in [-0.2, 0) is 19.3 Å². The highest BCUT2D eigenvalue weighted by atomic mass is 32.1. The molecule has 0 nitrogen and oxygen atoms in total. The van der Waals surface area contributed by atoms with Gasteiger partial charge in [-0.2, -0.15) is 0 Å². The van der Waals surface area contributed by atoms with Crippen molar-refractivity contribution in [3.8, 4) is 39.0 Å². The summed E-state index contributed by atoms with van der Waals surface area (Å²) in [6.07, 6.45) is 19.5. The van der Waals surface area contributed by atoms with Gasteiger partial charge in [-0.25, -0.2) is 0 Å². The normalized spacial score (nSPS) is 11.6. The standard InChI is InChI=1S/C38H48S5/c1-4-7-10-13-16-28-23-25-39-36(28)32-20-19-31(41-32)35-27-30(18-15-12-9-6-3)38(43-35)34-22-21-33(42-34)37-29(24-26-40-37)17-14-11-8-5-2/h19-27H,4-18H2,1-3H3. The second kappa shape index (κ2) is 17.3. The molecule has 0 radical (unpaired) electrons. The maximum atomic E-state index is 2.53. The quantitative estimate of drug-likeness (QED) is 0.0771. The van der Waals surface area contributed by atoms with E-state index in [1.807, 2.05) is 56.7 Å². The summed E-state index contributed by atoms with van der Waals surface area (Å²) in [5, 5.41) is 4.59. The Morgan fingerprint density at radius 2 is 0.837 bits per heavy atom. The van der Waals surface area contributed by atoms with Crippen LogP contribution in [0, 0.1) is 0 Å². The van der Waals surface area contributed by atoms with E-state index in [-0.39, 0.29) is 0 Å². The Kier molecular flexibility index (Phi) is 13.2. The first-order valence-corrected chi connectivity index (χ1v) is 20.9. The summed E-state index contributed by atoms with van der Waals surface area (Å²) in [4.78, 5) is 11.7. The van der Waals surface area contributed by atoms with Crippen LogP contribution in [0.15, 0.2) is 53.2 Å². The van der Waals surface area contributed by atoms with Crippen LogP contribution in [-0.4, -0.2) is 0 Å². The van der Waals surface area contributed by atoms with E-state index in [1.165, 1.54) is 135 Å². The fraction of sp³-hybridized carbons (Fsp3) is 0.474. The van der Waals surface area contributed by atoms with E-state index in [2.05, 4.69) is 74.0 Å².